The molecule has 4 rings (SSSR count). The molecule has 2 aromatic rings. The Bertz CT molecular complexity index is 928. The van der Waals surface area contributed by atoms with Gasteiger partial charge < -0.3 is 4.42 Å². The highest BCUT2D eigenvalue weighted by Crippen LogP contribution is 2.48. The molecule has 0 spiro atoms. The SMILES string of the molecule is CCn1c(=O)oc2cc(S(=O)(=O)NC[C@@H]3C[C@H]4CC[C@H]3C4)ccc21. The van der Waals surface area contributed by atoms with E-state index in [9.17, 15) is 13.2 Å². The van der Waals surface area contributed by atoms with Crippen molar-refractivity contribution >= 4 is 21.1 Å². The molecular weight excluding hydrogens is 328 g/mol. The lowest BCUT2D eigenvalue weighted by atomic mass is 9.89. The molecule has 130 valence electrons. The molecule has 1 aromatic carbocycles. The Labute approximate surface area is 140 Å². The second-order valence-electron chi connectivity index (χ2n) is 7.03. The van der Waals surface area contributed by atoms with Gasteiger partial charge >= 0.3 is 5.76 Å². The van der Waals surface area contributed by atoms with Gasteiger partial charge in [-0.05, 0) is 56.1 Å². The van der Waals surface area contributed by atoms with Gasteiger partial charge in [0.2, 0.25) is 10.0 Å². The molecule has 1 heterocycles. The number of aryl methyl sites for hydroxylation is 1. The van der Waals surface area contributed by atoms with Crippen LogP contribution in [0.15, 0.2) is 32.3 Å². The van der Waals surface area contributed by atoms with Crippen LogP contribution in [0.3, 0.4) is 0 Å². The van der Waals surface area contributed by atoms with E-state index >= 15 is 0 Å². The van der Waals surface area contributed by atoms with E-state index in [1.165, 1.54) is 36.0 Å². The first-order valence-electron chi connectivity index (χ1n) is 8.61. The maximum Gasteiger partial charge on any atom is 0.419 e. The predicted octanol–water partition coefficient (Wildman–Crippen LogP) is 2.33. The van der Waals surface area contributed by atoms with Crippen LogP contribution in [-0.2, 0) is 16.6 Å². The summed E-state index contributed by atoms with van der Waals surface area (Å²) < 4.78 is 34.5. The molecule has 2 aliphatic carbocycles. The Kier molecular flexibility index (Phi) is 3.80. The third kappa shape index (κ3) is 2.59. The molecule has 2 aliphatic rings. The van der Waals surface area contributed by atoms with Crippen molar-refractivity contribution in [1.82, 2.24) is 9.29 Å². The Morgan fingerprint density at radius 2 is 2.12 bits per heavy atom. The lowest BCUT2D eigenvalue weighted by Crippen LogP contribution is -2.31. The second-order valence-corrected chi connectivity index (χ2v) is 8.80. The number of rotatable bonds is 5. The van der Waals surface area contributed by atoms with Gasteiger partial charge in [0.25, 0.3) is 0 Å². The Hall–Kier alpha value is -1.60. The molecule has 2 bridgehead atoms. The zero-order valence-corrected chi connectivity index (χ0v) is 14.5. The molecule has 1 N–H and O–H groups in total. The molecule has 7 heteroatoms. The molecule has 3 atom stereocenters. The lowest BCUT2D eigenvalue weighted by molar-refractivity contribution is 0.333. The van der Waals surface area contributed by atoms with Crippen molar-refractivity contribution in [3.8, 4) is 0 Å². The summed E-state index contributed by atoms with van der Waals surface area (Å²) in [5.41, 5.74) is 0.930. The van der Waals surface area contributed by atoms with Crippen molar-refractivity contribution in [2.45, 2.75) is 44.0 Å². The first kappa shape index (κ1) is 15.9. The fourth-order valence-corrected chi connectivity index (χ4v) is 5.55. The van der Waals surface area contributed by atoms with Crippen molar-refractivity contribution < 1.29 is 12.8 Å². The molecule has 0 amide bonds. The topological polar surface area (TPSA) is 81.3 Å². The highest BCUT2D eigenvalue weighted by molar-refractivity contribution is 7.89. The number of sulfonamides is 1. The van der Waals surface area contributed by atoms with E-state index in [1.807, 2.05) is 6.92 Å². The van der Waals surface area contributed by atoms with Crippen LogP contribution in [0, 0.1) is 17.8 Å². The van der Waals surface area contributed by atoms with Gasteiger partial charge in [0.1, 0.15) is 0 Å². The van der Waals surface area contributed by atoms with Crippen LogP contribution in [-0.4, -0.2) is 19.5 Å². The molecule has 6 nitrogen and oxygen atoms in total. The van der Waals surface area contributed by atoms with E-state index in [2.05, 4.69) is 4.72 Å². The van der Waals surface area contributed by atoms with E-state index in [0.717, 1.165) is 12.3 Å². The summed E-state index contributed by atoms with van der Waals surface area (Å²) in [5.74, 6) is 1.47. The molecule has 2 fully saturated rings. The summed E-state index contributed by atoms with van der Waals surface area (Å²) >= 11 is 0. The molecular formula is C17H22N2O4S. The zero-order valence-electron chi connectivity index (χ0n) is 13.7. The summed E-state index contributed by atoms with van der Waals surface area (Å²) in [6.45, 7) is 2.83. The number of oxazole rings is 1. The average Bonchev–Trinajstić information content (AvgIpc) is 3.25. The van der Waals surface area contributed by atoms with Crippen LogP contribution < -0.4 is 10.5 Å². The number of hydrogen-bond donors (Lipinski definition) is 1. The van der Waals surface area contributed by atoms with Crippen LogP contribution in [0.4, 0.5) is 0 Å². The standard InChI is InChI=1S/C17H22N2O4S/c1-2-19-15-6-5-14(9-16(15)23-17(19)20)24(21,22)18-10-13-8-11-3-4-12(13)7-11/h5-6,9,11-13,18H,2-4,7-8,10H2,1H3/t11-,12-,13-/m0/s1. The number of hydrogen-bond acceptors (Lipinski definition) is 4. The zero-order chi connectivity index (χ0) is 16.9. The largest absolute Gasteiger partial charge is 0.419 e. The van der Waals surface area contributed by atoms with Gasteiger partial charge in [0.15, 0.2) is 5.58 Å². The minimum absolute atomic E-state index is 0.148. The van der Waals surface area contributed by atoms with Crippen molar-refractivity contribution in [1.29, 1.82) is 0 Å². The van der Waals surface area contributed by atoms with Gasteiger partial charge in [0.05, 0.1) is 10.4 Å². The highest BCUT2D eigenvalue weighted by atomic mass is 32.2. The van der Waals surface area contributed by atoms with Crippen molar-refractivity contribution in [3.05, 3.63) is 28.7 Å². The Morgan fingerprint density at radius 1 is 1.29 bits per heavy atom. The van der Waals surface area contributed by atoms with Gasteiger partial charge in [-0.1, -0.05) is 6.42 Å². The summed E-state index contributed by atoms with van der Waals surface area (Å²) in [4.78, 5) is 11.9. The number of aromatic nitrogens is 1. The minimum Gasteiger partial charge on any atom is -0.408 e. The third-order valence-electron chi connectivity index (χ3n) is 5.69. The van der Waals surface area contributed by atoms with E-state index in [-0.39, 0.29) is 4.90 Å². The lowest BCUT2D eigenvalue weighted by Gasteiger charge is -2.21. The monoisotopic (exact) mass is 350 g/mol. The second kappa shape index (κ2) is 5.74. The van der Waals surface area contributed by atoms with Crippen molar-refractivity contribution in [3.63, 3.8) is 0 Å². The summed E-state index contributed by atoms with van der Waals surface area (Å²) in [5, 5.41) is 0. The van der Waals surface area contributed by atoms with Crippen LogP contribution in [0.1, 0.15) is 32.6 Å². The summed E-state index contributed by atoms with van der Waals surface area (Å²) in [7, 11) is -3.59. The molecule has 0 unspecified atom stereocenters. The van der Waals surface area contributed by atoms with Crippen LogP contribution in [0.25, 0.3) is 11.1 Å². The van der Waals surface area contributed by atoms with Crippen LogP contribution in [0.5, 0.6) is 0 Å². The Balaban J connectivity index is 1.55. The van der Waals surface area contributed by atoms with Gasteiger partial charge in [-0.2, -0.15) is 0 Å². The quantitative estimate of drug-likeness (QED) is 0.897. The maximum absolute atomic E-state index is 12.6. The fraction of sp³-hybridized carbons (Fsp3) is 0.588. The van der Waals surface area contributed by atoms with Gasteiger partial charge in [-0.15, -0.1) is 0 Å². The van der Waals surface area contributed by atoms with Crippen molar-refractivity contribution in [2.24, 2.45) is 17.8 Å². The Morgan fingerprint density at radius 3 is 2.79 bits per heavy atom. The highest BCUT2D eigenvalue weighted by Gasteiger charge is 2.39. The minimum atomic E-state index is -3.59. The predicted molar refractivity (Wildman–Crippen MR) is 90.3 cm³/mol. The third-order valence-corrected chi connectivity index (χ3v) is 7.11. The molecule has 0 aliphatic heterocycles. The maximum atomic E-state index is 12.6. The fourth-order valence-electron chi connectivity index (χ4n) is 4.44. The number of nitrogens with zero attached hydrogens (tertiary/aromatic N) is 1. The van der Waals surface area contributed by atoms with E-state index in [1.54, 1.807) is 6.07 Å². The number of benzene rings is 1. The molecule has 0 saturated heterocycles. The number of nitrogens with one attached hydrogen (secondary N) is 1. The normalized spacial score (nSPS) is 26.5. The van der Waals surface area contributed by atoms with Gasteiger partial charge in [-0.25, -0.2) is 17.9 Å². The molecule has 1 aromatic heterocycles. The van der Waals surface area contributed by atoms with Gasteiger partial charge in [-0.3, -0.25) is 4.57 Å². The first-order valence-corrected chi connectivity index (χ1v) is 10.1. The summed E-state index contributed by atoms with van der Waals surface area (Å²) in [6, 6.07) is 4.61. The van der Waals surface area contributed by atoms with Crippen LogP contribution >= 0.6 is 0 Å². The number of fused-ring (bicyclic) bond motifs is 3. The molecule has 24 heavy (non-hydrogen) atoms. The van der Waals surface area contributed by atoms with E-state index in [0.29, 0.717) is 36.0 Å². The first-order chi connectivity index (χ1) is 11.5. The molecule has 2 saturated carbocycles. The smallest absolute Gasteiger partial charge is 0.408 e. The van der Waals surface area contributed by atoms with Crippen molar-refractivity contribution in [2.75, 3.05) is 6.54 Å². The average molecular weight is 350 g/mol. The van der Waals surface area contributed by atoms with Gasteiger partial charge in [0, 0.05) is 19.2 Å². The van der Waals surface area contributed by atoms with E-state index in [4.69, 9.17) is 4.42 Å². The molecule has 0 radical (unpaired) electrons. The van der Waals surface area contributed by atoms with E-state index < -0.39 is 15.8 Å². The van der Waals surface area contributed by atoms with Crippen LogP contribution in [0.2, 0.25) is 0 Å². The summed E-state index contributed by atoms with van der Waals surface area (Å²) in [6.07, 6.45) is 4.94.